The van der Waals surface area contributed by atoms with E-state index in [-0.39, 0.29) is 24.4 Å². The largest absolute Gasteiger partial charge is 0.484 e. The molecule has 1 amide bonds. The third-order valence-electron chi connectivity index (χ3n) is 6.64. The number of alkyl halides is 3. The highest BCUT2D eigenvalue weighted by Crippen LogP contribution is 2.34. The number of hydrogen-bond donors (Lipinski definition) is 1. The van der Waals surface area contributed by atoms with E-state index in [4.69, 9.17) is 4.74 Å². The summed E-state index contributed by atoms with van der Waals surface area (Å²) < 4.78 is 48.9. The second-order valence-electron chi connectivity index (χ2n) is 9.39. The summed E-state index contributed by atoms with van der Waals surface area (Å²) in [5, 5.41) is 2.52. The average Bonchev–Trinajstić information content (AvgIpc) is 3.39. The molecule has 0 spiro atoms. The number of benzene rings is 2. The van der Waals surface area contributed by atoms with Gasteiger partial charge in [0, 0.05) is 62.6 Å². The van der Waals surface area contributed by atoms with E-state index in [9.17, 15) is 18.0 Å². The van der Waals surface area contributed by atoms with Gasteiger partial charge in [-0.3, -0.25) is 9.69 Å². The minimum Gasteiger partial charge on any atom is -0.484 e. The number of carbonyl (C=O) groups excluding carboxylic acids is 1. The third-order valence-corrected chi connectivity index (χ3v) is 6.64. The van der Waals surface area contributed by atoms with Crippen molar-refractivity contribution in [2.45, 2.75) is 12.7 Å². The molecule has 0 radical (unpaired) electrons. The summed E-state index contributed by atoms with van der Waals surface area (Å²) in [7, 11) is 2.00. The zero-order chi connectivity index (χ0) is 26.7. The normalized spacial score (nSPS) is 15.1. The fourth-order valence-electron chi connectivity index (χ4n) is 4.55. The van der Waals surface area contributed by atoms with E-state index in [1.54, 1.807) is 18.3 Å². The van der Waals surface area contributed by atoms with Crippen LogP contribution >= 0.6 is 0 Å². The molecule has 1 fully saturated rings. The minimum atomic E-state index is -4.53. The first-order chi connectivity index (χ1) is 18.3. The molecule has 4 aromatic rings. The van der Waals surface area contributed by atoms with Gasteiger partial charge < -0.3 is 19.4 Å². The predicted octanol–water partition coefficient (Wildman–Crippen LogP) is 4.79. The van der Waals surface area contributed by atoms with E-state index in [1.807, 2.05) is 53.0 Å². The molecule has 1 aliphatic heterocycles. The Labute approximate surface area is 218 Å². The number of nitrogens with zero attached hydrogens (tertiary/aromatic N) is 4. The summed E-state index contributed by atoms with van der Waals surface area (Å²) in [4.78, 5) is 21.0. The average molecular weight is 524 g/mol. The molecule has 3 heterocycles. The van der Waals surface area contributed by atoms with Crippen molar-refractivity contribution in [3.63, 3.8) is 0 Å². The molecule has 0 aliphatic carbocycles. The Morgan fingerprint density at radius 3 is 2.53 bits per heavy atom. The zero-order valence-electron chi connectivity index (χ0n) is 20.9. The minimum absolute atomic E-state index is 0.0798. The molecule has 10 heteroatoms. The number of likely N-dealkylation sites (N-methyl/N-ethyl adjacent to an activating group) is 1. The highest BCUT2D eigenvalue weighted by Gasteiger charge is 2.34. The monoisotopic (exact) mass is 523 g/mol. The summed E-state index contributed by atoms with van der Waals surface area (Å²) >= 11 is 0. The summed E-state index contributed by atoms with van der Waals surface area (Å²) in [5.74, 6) is -0.0751. The highest BCUT2D eigenvalue weighted by molar-refractivity contribution is 5.92. The number of halogens is 3. The van der Waals surface area contributed by atoms with Gasteiger partial charge in [0.05, 0.1) is 5.56 Å². The predicted molar refractivity (Wildman–Crippen MR) is 139 cm³/mol. The van der Waals surface area contributed by atoms with Gasteiger partial charge >= 0.3 is 6.18 Å². The van der Waals surface area contributed by atoms with Crippen LogP contribution in [0.15, 0.2) is 73.2 Å². The van der Waals surface area contributed by atoms with Crippen molar-refractivity contribution in [2.24, 2.45) is 0 Å². The molecule has 5 rings (SSSR count). The number of hydrogen-bond acceptors (Lipinski definition) is 5. The Kier molecular flexibility index (Phi) is 7.35. The van der Waals surface area contributed by atoms with Gasteiger partial charge in [-0.1, -0.05) is 18.2 Å². The van der Waals surface area contributed by atoms with Crippen LogP contribution in [0.2, 0.25) is 0 Å². The highest BCUT2D eigenvalue weighted by atomic mass is 19.4. The third kappa shape index (κ3) is 5.98. The van der Waals surface area contributed by atoms with Crippen molar-refractivity contribution >= 4 is 17.2 Å². The lowest BCUT2D eigenvalue weighted by Crippen LogP contribution is -2.44. The molecule has 2 aromatic heterocycles. The number of rotatable bonds is 7. The van der Waals surface area contributed by atoms with E-state index < -0.39 is 17.6 Å². The van der Waals surface area contributed by atoms with Crippen LogP contribution in [0.3, 0.4) is 0 Å². The number of nitrogens with one attached hydrogen (secondary N) is 1. The van der Waals surface area contributed by atoms with E-state index in [2.05, 4.69) is 15.2 Å². The first kappa shape index (κ1) is 25.7. The maximum Gasteiger partial charge on any atom is 0.416 e. The summed E-state index contributed by atoms with van der Waals surface area (Å²) in [6.07, 6.45) is 0.990. The lowest BCUT2D eigenvalue weighted by molar-refractivity contribution is -0.138. The maximum atomic E-state index is 13.8. The molecule has 198 valence electrons. The van der Waals surface area contributed by atoms with E-state index in [1.165, 1.54) is 12.1 Å². The molecule has 0 bridgehead atoms. The molecular formula is C28H28F3N5O2. The zero-order valence-corrected chi connectivity index (χ0v) is 20.9. The van der Waals surface area contributed by atoms with Gasteiger partial charge in [0.2, 0.25) is 0 Å². The Morgan fingerprint density at radius 2 is 1.79 bits per heavy atom. The Hall–Kier alpha value is -3.89. The number of piperazine rings is 1. The first-order valence-corrected chi connectivity index (χ1v) is 12.3. The number of amides is 1. The van der Waals surface area contributed by atoms with Crippen molar-refractivity contribution in [3.05, 3.63) is 84.3 Å². The van der Waals surface area contributed by atoms with Crippen molar-refractivity contribution in [3.8, 4) is 16.9 Å². The number of imidazole rings is 1. The van der Waals surface area contributed by atoms with Gasteiger partial charge in [-0.15, -0.1) is 0 Å². The molecule has 1 saturated heterocycles. The molecule has 0 unspecified atom stereocenters. The summed E-state index contributed by atoms with van der Waals surface area (Å²) in [6.45, 7) is 2.94. The van der Waals surface area contributed by atoms with Crippen molar-refractivity contribution < 1.29 is 22.7 Å². The van der Waals surface area contributed by atoms with Gasteiger partial charge in [-0.2, -0.15) is 13.2 Å². The fraction of sp³-hybridized carbons (Fsp3) is 0.286. The number of pyridine rings is 1. The standard InChI is InChI=1S/C28H28F3N5O2/c1-34-13-15-35(16-14-34)18-21-4-7-22(17-25(21)28(29,30)31)33-26(37)19-38-23-8-5-20(6-9-23)24-3-2-11-36-12-10-32-27(24)36/h2-12,17H,13-16,18-19H2,1H3,(H,33,37). The number of anilines is 1. The molecule has 2 aromatic carbocycles. The SMILES string of the molecule is CN1CCN(Cc2ccc(NC(=O)COc3ccc(-c4cccn5ccnc45)cc3)cc2C(F)(F)F)CC1. The van der Waals surface area contributed by atoms with Gasteiger partial charge in [-0.25, -0.2) is 4.98 Å². The Bertz CT molecular complexity index is 1410. The Balaban J connectivity index is 1.20. The van der Waals surface area contributed by atoms with Gasteiger partial charge in [-0.05, 0) is 54.6 Å². The smallest absolute Gasteiger partial charge is 0.416 e. The molecule has 38 heavy (non-hydrogen) atoms. The second-order valence-corrected chi connectivity index (χ2v) is 9.39. The van der Waals surface area contributed by atoms with Gasteiger partial charge in [0.25, 0.3) is 5.91 Å². The summed E-state index contributed by atoms with van der Waals surface area (Å²) in [5.41, 5.74) is 2.26. The van der Waals surface area contributed by atoms with E-state index >= 15 is 0 Å². The molecule has 0 saturated carbocycles. The van der Waals surface area contributed by atoms with Crippen LogP contribution < -0.4 is 10.1 Å². The lowest BCUT2D eigenvalue weighted by atomic mass is 10.0. The van der Waals surface area contributed by atoms with Crippen LogP contribution in [0.4, 0.5) is 18.9 Å². The van der Waals surface area contributed by atoms with Crippen LogP contribution in [0.1, 0.15) is 11.1 Å². The topological polar surface area (TPSA) is 62.1 Å². The lowest BCUT2D eigenvalue weighted by Gasteiger charge is -2.33. The first-order valence-electron chi connectivity index (χ1n) is 12.3. The molecule has 7 nitrogen and oxygen atoms in total. The van der Waals surface area contributed by atoms with Crippen LogP contribution in [0.5, 0.6) is 5.75 Å². The second kappa shape index (κ2) is 10.8. The van der Waals surface area contributed by atoms with Crippen molar-refractivity contribution in [1.82, 2.24) is 19.2 Å². The van der Waals surface area contributed by atoms with Gasteiger partial charge in [0.15, 0.2) is 6.61 Å². The van der Waals surface area contributed by atoms with Crippen molar-refractivity contribution in [2.75, 3.05) is 45.2 Å². The summed E-state index contributed by atoms with van der Waals surface area (Å²) in [6, 6.07) is 15.1. The fourth-order valence-corrected chi connectivity index (χ4v) is 4.55. The van der Waals surface area contributed by atoms with Gasteiger partial charge in [0.1, 0.15) is 11.4 Å². The number of aromatic nitrogens is 2. The van der Waals surface area contributed by atoms with E-state index in [0.29, 0.717) is 18.8 Å². The maximum absolute atomic E-state index is 13.8. The van der Waals surface area contributed by atoms with Crippen LogP contribution in [-0.4, -0.2) is 64.9 Å². The Morgan fingerprint density at radius 1 is 1.03 bits per heavy atom. The number of carbonyl (C=O) groups is 1. The van der Waals surface area contributed by atoms with E-state index in [0.717, 1.165) is 35.9 Å². The van der Waals surface area contributed by atoms with Crippen LogP contribution in [0, 0.1) is 0 Å². The molecule has 1 aliphatic rings. The van der Waals surface area contributed by atoms with Crippen molar-refractivity contribution in [1.29, 1.82) is 0 Å². The quantitative estimate of drug-likeness (QED) is 0.378. The van der Waals surface area contributed by atoms with Crippen LogP contribution in [0.25, 0.3) is 16.8 Å². The number of fused-ring (bicyclic) bond motifs is 1. The molecule has 0 atom stereocenters. The number of ether oxygens (including phenoxy) is 1. The van der Waals surface area contributed by atoms with Crippen LogP contribution in [-0.2, 0) is 17.5 Å². The molecule has 1 N–H and O–H groups in total. The molecular weight excluding hydrogens is 495 g/mol.